The van der Waals surface area contributed by atoms with E-state index < -0.39 is 18.5 Å². The van der Waals surface area contributed by atoms with Gasteiger partial charge in [-0.1, -0.05) is 0 Å². The van der Waals surface area contributed by atoms with Crippen LogP contribution in [-0.4, -0.2) is 25.3 Å². The van der Waals surface area contributed by atoms with Crippen LogP contribution in [0.3, 0.4) is 0 Å². The van der Waals surface area contributed by atoms with Crippen LogP contribution in [0.5, 0.6) is 0 Å². The second-order valence-corrected chi connectivity index (χ2v) is 1.50. The molecule has 5 heteroatoms. The van der Waals surface area contributed by atoms with E-state index in [2.05, 4.69) is 9.47 Å². The van der Waals surface area contributed by atoms with Crippen LogP contribution >= 0.6 is 0 Å². The molecule has 1 unspecified atom stereocenters. The Bertz CT molecular complexity index is 125. The number of halogens is 2. The van der Waals surface area contributed by atoms with Gasteiger partial charge >= 0.3 is 5.97 Å². The zero-order valence-corrected chi connectivity index (χ0v) is 4.34. The van der Waals surface area contributed by atoms with Gasteiger partial charge in [0.25, 0.3) is 6.43 Å². The highest BCUT2D eigenvalue weighted by molar-refractivity contribution is 5.76. The molecular weight excluding hydrogens is 134 g/mol. The van der Waals surface area contributed by atoms with Crippen LogP contribution in [0.4, 0.5) is 8.78 Å². The summed E-state index contributed by atoms with van der Waals surface area (Å²) in [6.07, 6.45) is -4.44. The molecule has 52 valence electrons. The highest BCUT2D eigenvalue weighted by Crippen LogP contribution is 2.12. The van der Waals surface area contributed by atoms with Crippen LogP contribution in [0.25, 0.3) is 0 Å². The quantitative estimate of drug-likeness (QED) is 0.484. The number of cyclic esters (lactones) is 1. The molecule has 0 N–H and O–H groups in total. The van der Waals surface area contributed by atoms with E-state index in [0.717, 1.165) is 0 Å². The van der Waals surface area contributed by atoms with Crippen molar-refractivity contribution in [1.82, 2.24) is 0 Å². The molecule has 0 aromatic heterocycles. The summed E-state index contributed by atoms with van der Waals surface area (Å²) in [5, 5.41) is 0. The minimum atomic E-state index is -2.78. The first-order chi connectivity index (χ1) is 4.22. The van der Waals surface area contributed by atoms with E-state index in [1.54, 1.807) is 0 Å². The molecule has 0 bridgehead atoms. The number of hydrogen-bond donors (Lipinski definition) is 0. The van der Waals surface area contributed by atoms with E-state index in [4.69, 9.17) is 0 Å². The van der Waals surface area contributed by atoms with Gasteiger partial charge in [-0.15, -0.1) is 0 Å². The molecule has 1 aliphatic rings. The predicted octanol–water partition coefficient (Wildman–Crippen LogP) is 0.151. The minimum absolute atomic E-state index is 0.353. The summed E-state index contributed by atoms with van der Waals surface area (Å²) in [5.41, 5.74) is 0. The van der Waals surface area contributed by atoms with Crippen molar-refractivity contribution in [3.63, 3.8) is 0 Å². The van der Waals surface area contributed by atoms with Gasteiger partial charge in [0.1, 0.15) is 0 Å². The van der Waals surface area contributed by atoms with E-state index in [-0.39, 0.29) is 6.79 Å². The molecule has 1 fully saturated rings. The largest absolute Gasteiger partial charge is 0.436 e. The van der Waals surface area contributed by atoms with E-state index in [1.807, 2.05) is 0 Å². The van der Waals surface area contributed by atoms with Gasteiger partial charge in [0.2, 0.25) is 6.10 Å². The first kappa shape index (κ1) is 6.41. The summed E-state index contributed by atoms with van der Waals surface area (Å²) >= 11 is 0. The van der Waals surface area contributed by atoms with Gasteiger partial charge in [-0.2, -0.15) is 0 Å². The molecule has 1 aliphatic heterocycles. The molecule has 0 aromatic rings. The van der Waals surface area contributed by atoms with Crippen molar-refractivity contribution in [3.8, 4) is 0 Å². The van der Waals surface area contributed by atoms with Gasteiger partial charge in [0, 0.05) is 0 Å². The van der Waals surface area contributed by atoms with Gasteiger partial charge in [-0.25, -0.2) is 13.6 Å². The van der Waals surface area contributed by atoms with Gasteiger partial charge in [0.15, 0.2) is 6.79 Å². The summed E-state index contributed by atoms with van der Waals surface area (Å²) in [6.45, 7) is -0.353. The minimum Gasteiger partial charge on any atom is -0.436 e. The molecule has 0 amide bonds. The molecule has 0 radical (unpaired) electrons. The summed E-state index contributed by atoms with van der Waals surface area (Å²) in [5.74, 6) is -0.981. The maximum Gasteiger partial charge on any atom is 0.343 e. The molecule has 1 heterocycles. The van der Waals surface area contributed by atoms with Crippen molar-refractivity contribution in [2.75, 3.05) is 6.79 Å². The zero-order valence-electron chi connectivity index (χ0n) is 4.34. The normalized spacial score (nSPS) is 27.0. The average molecular weight is 138 g/mol. The second kappa shape index (κ2) is 2.26. The van der Waals surface area contributed by atoms with Gasteiger partial charge < -0.3 is 9.47 Å². The Hall–Kier alpha value is -0.710. The van der Waals surface area contributed by atoms with Gasteiger partial charge in [-0.05, 0) is 0 Å². The number of carbonyl (C=O) groups is 1. The fraction of sp³-hybridized carbons (Fsp3) is 0.750. The first-order valence-electron chi connectivity index (χ1n) is 2.28. The molecule has 1 rings (SSSR count). The Morgan fingerprint density at radius 2 is 2.33 bits per heavy atom. The van der Waals surface area contributed by atoms with Crippen molar-refractivity contribution < 1.29 is 23.0 Å². The Kier molecular flexibility index (Phi) is 1.61. The molecule has 1 saturated heterocycles. The molecule has 1 atom stereocenters. The molecular formula is C4H4F2O3. The van der Waals surface area contributed by atoms with Crippen LogP contribution in [0.2, 0.25) is 0 Å². The van der Waals surface area contributed by atoms with E-state index in [0.29, 0.717) is 0 Å². The lowest BCUT2D eigenvalue weighted by Gasteiger charge is -1.99. The number of hydrogen-bond acceptors (Lipinski definition) is 3. The zero-order chi connectivity index (χ0) is 6.85. The van der Waals surface area contributed by atoms with Crippen LogP contribution < -0.4 is 0 Å². The highest BCUT2D eigenvalue weighted by Gasteiger charge is 2.35. The fourth-order valence-electron chi connectivity index (χ4n) is 0.491. The SMILES string of the molecule is O=C1OCOC1C(F)F. The maximum absolute atomic E-state index is 11.6. The van der Waals surface area contributed by atoms with E-state index >= 15 is 0 Å². The first-order valence-corrected chi connectivity index (χ1v) is 2.28. The fourth-order valence-corrected chi connectivity index (χ4v) is 0.491. The smallest absolute Gasteiger partial charge is 0.343 e. The van der Waals surface area contributed by atoms with Crippen LogP contribution in [0.15, 0.2) is 0 Å². The van der Waals surface area contributed by atoms with Gasteiger partial charge in [-0.3, -0.25) is 0 Å². The van der Waals surface area contributed by atoms with Crippen molar-refractivity contribution in [2.45, 2.75) is 12.5 Å². The lowest BCUT2D eigenvalue weighted by atomic mass is 10.4. The average Bonchev–Trinajstić information content (AvgIpc) is 2.13. The van der Waals surface area contributed by atoms with Crippen LogP contribution in [-0.2, 0) is 14.3 Å². The summed E-state index contributed by atoms with van der Waals surface area (Å²) < 4.78 is 31.4. The number of ether oxygens (including phenoxy) is 2. The number of rotatable bonds is 1. The highest BCUT2D eigenvalue weighted by atomic mass is 19.3. The molecule has 3 nitrogen and oxygen atoms in total. The van der Waals surface area contributed by atoms with Crippen molar-refractivity contribution in [1.29, 1.82) is 0 Å². The van der Waals surface area contributed by atoms with Crippen LogP contribution in [0.1, 0.15) is 0 Å². The third-order valence-electron chi connectivity index (χ3n) is 0.910. The number of alkyl halides is 2. The predicted molar refractivity (Wildman–Crippen MR) is 21.8 cm³/mol. The topological polar surface area (TPSA) is 35.5 Å². The van der Waals surface area contributed by atoms with Crippen molar-refractivity contribution >= 4 is 5.97 Å². The molecule has 0 aromatic carbocycles. The van der Waals surface area contributed by atoms with Crippen LogP contribution in [0, 0.1) is 0 Å². The third kappa shape index (κ3) is 1.16. The summed E-state index contributed by atoms with van der Waals surface area (Å²) in [6, 6.07) is 0. The van der Waals surface area contributed by atoms with Gasteiger partial charge in [0.05, 0.1) is 0 Å². The number of carbonyl (C=O) groups excluding carboxylic acids is 1. The maximum atomic E-state index is 11.6. The van der Waals surface area contributed by atoms with Crippen molar-refractivity contribution in [2.24, 2.45) is 0 Å². The third-order valence-corrected chi connectivity index (χ3v) is 0.910. The van der Waals surface area contributed by atoms with E-state index in [1.165, 1.54) is 0 Å². The molecule has 9 heavy (non-hydrogen) atoms. The summed E-state index contributed by atoms with van der Waals surface area (Å²) in [4.78, 5) is 10.2. The molecule has 0 saturated carbocycles. The Morgan fingerprint density at radius 1 is 1.67 bits per heavy atom. The number of esters is 1. The lowest BCUT2D eigenvalue weighted by molar-refractivity contribution is -0.142. The molecule has 0 aliphatic carbocycles. The summed E-state index contributed by atoms with van der Waals surface area (Å²) in [7, 11) is 0. The van der Waals surface area contributed by atoms with Crippen molar-refractivity contribution in [3.05, 3.63) is 0 Å². The second-order valence-electron chi connectivity index (χ2n) is 1.50. The lowest BCUT2D eigenvalue weighted by Crippen LogP contribution is -2.24. The Labute approximate surface area is 49.5 Å². The molecule has 0 spiro atoms. The Morgan fingerprint density at radius 3 is 2.56 bits per heavy atom. The monoisotopic (exact) mass is 138 g/mol. The van der Waals surface area contributed by atoms with E-state index in [9.17, 15) is 13.6 Å². The Balaban J connectivity index is 2.49. The standard InChI is InChI=1S/C4H4F2O3/c5-3(6)2-4(7)9-1-8-2/h2-3H,1H2.